The summed E-state index contributed by atoms with van der Waals surface area (Å²) in [7, 11) is 0. The number of hydrazine groups is 1. The standard InChI is InChI=1S/C13H24F4N2O/c1-8-3-9(2)5-10(4-8)11(19-18)6-20-7-13(16,17)12(14)15/h8-12,19H,3-7,18H2,1-2H3. The number of hydrogen-bond acceptors (Lipinski definition) is 3. The number of ether oxygens (including phenoxy) is 1. The van der Waals surface area contributed by atoms with Crippen LogP contribution in [0, 0.1) is 17.8 Å². The summed E-state index contributed by atoms with van der Waals surface area (Å²) >= 11 is 0. The lowest BCUT2D eigenvalue weighted by Crippen LogP contribution is -2.47. The number of nitrogens with one attached hydrogen (secondary N) is 1. The van der Waals surface area contributed by atoms with Gasteiger partial charge in [-0.2, -0.15) is 8.78 Å². The molecule has 3 nitrogen and oxygen atoms in total. The van der Waals surface area contributed by atoms with Crippen LogP contribution in [0.1, 0.15) is 33.1 Å². The van der Waals surface area contributed by atoms with E-state index in [1.807, 2.05) is 0 Å². The lowest BCUT2D eigenvalue weighted by atomic mass is 9.74. The summed E-state index contributed by atoms with van der Waals surface area (Å²) in [5.41, 5.74) is 2.57. The van der Waals surface area contributed by atoms with Gasteiger partial charge in [-0.15, -0.1) is 0 Å². The van der Waals surface area contributed by atoms with Gasteiger partial charge in [-0.25, -0.2) is 8.78 Å². The van der Waals surface area contributed by atoms with E-state index in [2.05, 4.69) is 19.3 Å². The third kappa shape index (κ3) is 5.18. The molecule has 0 aromatic rings. The molecule has 0 amide bonds. The molecule has 0 aliphatic heterocycles. The van der Waals surface area contributed by atoms with Gasteiger partial charge in [-0.1, -0.05) is 13.8 Å². The van der Waals surface area contributed by atoms with E-state index in [0.29, 0.717) is 11.8 Å². The molecule has 0 spiro atoms. The molecule has 120 valence electrons. The van der Waals surface area contributed by atoms with Gasteiger partial charge < -0.3 is 4.74 Å². The highest BCUT2D eigenvalue weighted by molar-refractivity contribution is 4.83. The van der Waals surface area contributed by atoms with Crippen molar-refractivity contribution in [2.24, 2.45) is 23.6 Å². The van der Waals surface area contributed by atoms with Crippen molar-refractivity contribution in [3.8, 4) is 0 Å². The van der Waals surface area contributed by atoms with E-state index in [1.54, 1.807) is 0 Å². The minimum atomic E-state index is -4.10. The topological polar surface area (TPSA) is 47.3 Å². The summed E-state index contributed by atoms with van der Waals surface area (Å²) in [5, 5.41) is 0. The van der Waals surface area contributed by atoms with Gasteiger partial charge in [0.1, 0.15) is 6.61 Å². The van der Waals surface area contributed by atoms with Crippen LogP contribution >= 0.6 is 0 Å². The van der Waals surface area contributed by atoms with E-state index in [4.69, 9.17) is 10.6 Å². The van der Waals surface area contributed by atoms with Gasteiger partial charge in [-0.3, -0.25) is 11.3 Å². The maximum Gasteiger partial charge on any atom is 0.330 e. The number of halogens is 4. The van der Waals surface area contributed by atoms with Gasteiger partial charge in [0.25, 0.3) is 0 Å². The number of hydrogen-bond donors (Lipinski definition) is 2. The fourth-order valence-corrected chi connectivity index (χ4v) is 3.04. The minimum Gasteiger partial charge on any atom is -0.373 e. The van der Waals surface area contributed by atoms with Gasteiger partial charge in [0.15, 0.2) is 0 Å². The molecule has 0 saturated heterocycles. The van der Waals surface area contributed by atoms with E-state index in [1.165, 1.54) is 0 Å². The highest BCUT2D eigenvalue weighted by Gasteiger charge is 2.41. The van der Waals surface area contributed by atoms with Crippen LogP contribution < -0.4 is 11.3 Å². The Bertz CT molecular complexity index is 282. The largest absolute Gasteiger partial charge is 0.373 e. The Balaban J connectivity index is 2.43. The van der Waals surface area contributed by atoms with Gasteiger partial charge in [0.05, 0.1) is 6.61 Å². The molecule has 0 radical (unpaired) electrons. The second kappa shape index (κ2) is 7.56. The monoisotopic (exact) mass is 300 g/mol. The molecule has 3 atom stereocenters. The molecule has 0 heterocycles. The van der Waals surface area contributed by atoms with Crippen LogP contribution in [-0.2, 0) is 4.74 Å². The zero-order chi connectivity index (χ0) is 15.3. The first kappa shape index (κ1) is 17.7. The summed E-state index contributed by atoms with van der Waals surface area (Å²) in [6.07, 6.45) is -0.693. The minimum absolute atomic E-state index is 0.0804. The third-order valence-electron chi connectivity index (χ3n) is 3.91. The van der Waals surface area contributed by atoms with Crippen molar-refractivity contribution < 1.29 is 22.3 Å². The van der Waals surface area contributed by atoms with E-state index in [9.17, 15) is 17.6 Å². The third-order valence-corrected chi connectivity index (χ3v) is 3.91. The van der Waals surface area contributed by atoms with Crippen LogP contribution in [0.25, 0.3) is 0 Å². The molecule has 1 rings (SSSR count). The summed E-state index contributed by atoms with van der Waals surface area (Å²) in [4.78, 5) is 0. The molecule has 1 aliphatic carbocycles. The van der Waals surface area contributed by atoms with Crippen molar-refractivity contribution in [3.63, 3.8) is 0 Å². The van der Waals surface area contributed by atoms with E-state index in [0.717, 1.165) is 19.3 Å². The second-order valence-electron chi connectivity index (χ2n) is 6.03. The Morgan fingerprint density at radius 3 is 2.20 bits per heavy atom. The van der Waals surface area contributed by atoms with Gasteiger partial charge in [-0.05, 0) is 37.0 Å². The summed E-state index contributed by atoms with van der Waals surface area (Å²) in [5.74, 6) is 2.64. The first-order valence-electron chi connectivity index (χ1n) is 6.96. The molecule has 0 bridgehead atoms. The highest BCUT2D eigenvalue weighted by atomic mass is 19.3. The average Bonchev–Trinajstić information content (AvgIpc) is 2.33. The van der Waals surface area contributed by atoms with Crippen molar-refractivity contribution >= 4 is 0 Å². The van der Waals surface area contributed by atoms with E-state index in [-0.39, 0.29) is 18.6 Å². The molecular weight excluding hydrogens is 276 g/mol. The molecule has 3 N–H and O–H groups in total. The number of rotatable bonds is 7. The van der Waals surface area contributed by atoms with Crippen LogP contribution in [0.2, 0.25) is 0 Å². The average molecular weight is 300 g/mol. The van der Waals surface area contributed by atoms with Gasteiger partial charge in [0, 0.05) is 6.04 Å². The van der Waals surface area contributed by atoms with Gasteiger partial charge in [0.2, 0.25) is 0 Å². The fraction of sp³-hybridized carbons (Fsp3) is 1.00. The van der Waals surface area contributed by atoms with Crippen molar-refractivity contribution in [2.45, 2.75) is 51.5 Å². The van der Waals surface area contributed by atoms with Crippen molar-refractivity contribution in [1.29, 1.82) is 0 Å². The SMILES string of the molecule is CC1CC(C)CC(C(COCC(F)(F)C(F)F)NN)C1. The van der Waals surface area contributed by atoms with Crippen molar-refractivity contribution in [1.82, 2.24) is 5.43 Å². The molecule has 1 fully saturated rings. The fourth-order valence-electron chi connectivity index (χ4n) is 3.04. The van der Waals surface area contributed by atoms with Crippen molar-refractivity contribution in [2.75, 3.05) is 13.2 Å². The lowest BCUT2D eigenvalue weighted by molar-refractivity contribution is -0.168. The maximum absolute atomic E-state index is 12.7. The molecule has 0 aromatic carbocycles. The first-order valence-corrected chi connectivity index (χ1v) is 6.96. The molecule has 1 saturated carbocycles. The van der Waals surface area contributed by atoms with Gasteiger partial charge >= 0.3 is 12.3 Å². The number of alkyl halides is 4. The highest BCUT2D eigenvalue weighted by Crippen LogP contribution is 2.34. The predicted octanol–water partition coefficient (Wildman–Crippen LogP) is 2.81. The normalized spacial score (nSPS) is 29.7. The number of nitrogens with two attached hydrogens (primary N) is 1. The van der Waals surface area contributed by atoms with Crippen LogP contribution in [0.3, 0.4) is 0 Å². The first-order chi connectivity index (χ1) is 9.26. The van der Waals surface area contributed by atoms with Crippen LogP contribution in [0.4, 0.5) is 17.6 Å². The maximum atomic E-state index is 12.7. The van der Waals surface area contributed by atoms with Crippen molar-refractivity contribution in [3.05, 3.63) is 0 Å². The molecule has 1 aliphatic rings. The van der Waals surface area contributed by atoms with Crippen LogP contribution in [0.15, 0.2) is 0 Å². The molecule has 20 heavy (non-hydrogen) atoms. The predicted molar refractivity (Wildman–Crippen MR) is 68.6 cm³/mol. The summed E-state index contributed by atoms with van der Waals surface area (Å²) in [6, 6.07) is -0.284. The summed E-state index contributed by atoms with van der Waals surface area (Å²) < 4.78 is 54.3. The lowest BCUT2D eigenvalue weighted by Gasteiger charge is -2.36. The van der Waals surface area contributed by atoms with Crippen LogP contribution in [-0.4, -0.2) is 31.6 Å². The smallest absolute Gasteiger partial charge is 0.330 e. The molecule has 7 heteroatoms. The molecule has 3 unspecified atom stereocenters. The van der Waals surface area contributed by atoms with E-state index < -0.39 is 19.0 Å². The second-order valence-corrected chi connectivity index (χ2v) is 6.03. The molecular formula is C13H24F4N2O. The zero-order valence-electron chi connectivity index (χ0n) is 11.9. The Labute approximate surface area is 117 Å². The van der Waals surface area contributed by atoms with E-state index >= 15 is 0 Å². The quantitative estimate of drug-likeness (QED) is 0.432. The summed E-state index contributed by atoms with van der Waals surface area (Å²) in [6.45, 7) is 2.92. The Hall–Kier alpha value is -0.400. The Morgan fingerprint density at radius 2 is 1.75 bits per heavy atom. The van der Waals surface area contributed by atoms with Crippen LogP contribution in [0.5, 0.6) is 0 Å². The zero-order valence-corrected chi connectivity index (χ0v) is 11.9. The Kier molecular flexibility index (Phi) is 6.68. The molecule has 0 aromatic heterocycles. The Morgan fingerprint density at radius 1 is 1.20 bits per heavy atom.